The van der Waals surface area contributed by atoms with Gasteiger partial charge < -0.3 is 5.32 Å². The molecule has 0 heterocycles. The quantitative estimate of drug-likeness (QED) is 0.689. The first-order valence-corrected chi connectivity index (χ1v) is 6.51. The number of carbonyl (C=O) groups is 2. The number of hydrogen-bond acceptors (Lipinski definition) is 2. The lowest BCUT2D eigenvalue weighted by Crippen LogP contribution is -2.06. The summed E-state index contributed by atoms with van der Waals surface area (Å²) in [4.78, 5) is 23.0. The Kier molecular flexibility index (Phi) is 4.78. The van der Waals surface area contributed by atoms with Crippen molar-refractivity contribution in [3.63, 3.8) is 0 Å². The monoisotopic (exact) mass is 301 g/mol. The molecule has 0 unspecified atom stereocenters. The van der Waals surface area contributed by atoms with Crippen LogP contribution >= 0.6 is 0 Å². The van der Waals surface area contributed by atoms with Crippen LogP contribution in [-0.4, -0.2) is 11.7 Å². The Balaban J connectivity index is 2.18. The summed E-state index contributed by atoms with van der Waals surface area (Å²) in [7, 11) is 0. The number of nitrogens with one attached hydrogen (secondary N) is 1. The summed E-state index contributed by atoms with van der Waals surface area (Å²) in [6, 6.07) is 9.51. The second kappa shape index (κ2) is 6.76. The zero-order valence-electron chi connectivity index (χ0n) is 11.8. The minimum atomic E-state index is -0.740. The van der Waals surface area contributed by atoms with Crippen molar-refractivity contribution >= 4 is 23.5 Å². The fourth-order valence-electron chi connectivity index (χ4n) is 1.85. The highest BCUT2D eigenvalue weighted by Gasteiger charge is 2.05. The maximum atomic E-state index is 13.5. The van der Waals surface area contributed by atoms with Gasteiger partial charge in [0.1, 0.15) is 11.6 Å². The Bertz CT molecular complexity index is 754. The molecule has 2 aromatic rings. The molecule has 0 aliphatic rings. The third-order valence-electron chi connectivity index (χ3n) is 2.84. The van der Waals surface area contributed by atoms with Gasteiger partial charge in [0.25, 0.3) is 0 Å². The highest BCUT2D eigenvalue weighted by molar-refractivity contribution is 6.07. The van der Waals surface area contributed by atoms with E-state index in [-0.39, 0.29) is 17.3 Å². The standard InChI is InChI=1S/C17H13F2NO2/c1-11(21)20-15-4-2-3-13(9-15)17(22)8-6-12-5-7-14(18)10-16(12)19/h2-10H,1H3,(H,20,21)/b8-6+. The van der Waals surface area contributed by atoms with Crippen molar-refractivity contribution in [2.45, 2.75) is 6.92 Å². The second-order valence-electron chi connectivity index (χ2n) is 4.63. The molecule has 0 saturated carbocycles. The van der Waals surface area contributed by atoms with Crippen molar-refractivity contribution in [2.75, 3.05) is 5.32 Å². The van der Waals surface area contributed by atoms with Gasteiger partial charge in [-0.1, -0.05) is 12.1 Å². The average molecular weight is 301 g/mol. The van der Waals surface area contributed by atoms with Crippen molar-refractivity contribution in [3.05, 3.63) is 71.3 Å². The number of hydrogen-bond donors (Lipinski definition) is 1. The number of rotatable bonds is 4. The van der Waals surface area contributed by atoms with Crippen molar-refractivity contribution < 1.29 is 18.4 Å². The van der Waals surface area contributed by atoms with Gasteiger partial charge in [0, 0.05) is 29.8 Å². The molecule has 1 amide bonds. The zero-order chi connectivity index (χ0) is 16.1. The van der Waals surface area contributed by atoms with Crippen molar-refractivity contribution in [3.8, 4) is 0 Å². The summed E-state index contributed by atoms with van der Waals surface area (Å²) >= 11 is 0. The van der Waals surface area contributed by atoms with Crippen LogP contribution in [0.3, 0.4) is 0 Å². The third-order valence-corrected chi connectivity index (χ3v) is 2.84. The molecule has 2 aromatic carbocycles. The SMILES string of the molecule is CC(=O)Nc1cccc(C(=O)/C=C/c2ccc(F)cc2F)c1. The van der Waals surface area contributed by atoms with Gasteiger partial charge in [-0.05, 0) is 36.4 Å². The zero-order valence-corrected chi connectivity index (χ0v) is 11.8. The van der Waals surface area contributed by atoms with Gasteiger partial charge in [-0.15, -0.1) is 0 Å². The number of amides is 1. The van der Waals surface area contributed by atoms with Crippen LogP contribution in [0.5, 0.6) is 0 Å². The number of benzene rings is 2. The fraction of sp³-hybridized carbons (Fsp3) is 0.0588. The predicted octanol–water partition coefficient (Wildman–Crippen LogP) is 3.82. The molecule has 0 fully saturated rings. The highest BCUT2D eigenvalue weighted by atomic mass is 19.1. The lowest BCUT2D eigenvalue weighted by molar-refractivity contribution is -0.114. The second-order valence-corrected chi connectivity index (χ2v) is 4.63. The molecule has 0 spiro atoms. The van der Waals surface area contributed by atoms with Crippen molar-refractivity contribution in [1.82, 2.24) is 0 Å². The molecular formula is C17H13F2NO2. The number of halogens is 2. The van der Waals surface area contributed by atoms with E-state index in [4.69, 9.17) is 0 Å². The minimum Gasteiger partial charge on any atom is -0.326 e. The highest BCUT2D eigenvalue weighted by Crippen LogP contribution is 2.14. The smallest absolute Gasteiger partial charge is 0.221 e. The largest absolute Gasteiger partial charge is 0.326 e. The Hall–Kier alpha value is -2.82. The molecule has 0 atom stereocenters. The van der Waals surface area contributed by atoms with Gasteiger partial charge in [0.15, 0.2) is 5.78 Å². The number of ketones is 1. The van der Waals surface area contributed by atoms with Gasteiger partial charge in [0.2, 0.25) is 5.91 Å². The van der Waals surface area contributed by atoms with Gasteiger partial charge in [0.05, 0.1) is 0 Å². The van der Waals surface area contributed by atoms with Crippen molar-refractivity contribution in [1.29, 1.82) is 0 Å². The Morgan fingerprint density at radius 2 is 1.86 bits per heavy atom. The van der Waals surface area contributed by atoms with E-state index < -0.39 is 11.6 Å². The van der Waals surface area contributed by atoms with Crippen LogP contribution in [0.2, 0.25) is 0 Å². The fourth-order valence-corrected chi connectivity index (χ4v) is 1.85. The van der Waals surface area contributed by atoms with Crippen LogP contribution in [0.25, 0.3) is 6.08 Å². The topological polar surface area (TPSA) is 46.2 Å². The van der Waals surface area contributed by atoms with Crippen LogP contribution in [-0.2, 0) is 4.79 Å². The first kappa shape index (κ1) is 15.6. The van der Waals surface area contributed by atoms with Gasteiger partial charge in [-0.3, -0.25) is 9.59 Å². The van der Waals surface area contributed by atoms with E-state index in [2.05, 4.69) is 5.32 Å². The minimum absolute atomic E-state index is 0.118. The molecule has 2 rings (SSSR count). The summed E-state index contributed by atoms with van der Waals surface area (Å²) in [6.45, 7) is 1.37. The van der Waals surface area contributed by atoms with Gasteiger partial charge >= 0.3 is 0 Å². The Morgan fingerprint density at radius 3 is 2.55 bits per heavy atom. The van der Waals surface area contributed by atoms with E-state index in [1.165, 1.54) is 31.2 Å². The molecule has 5 heteroatoms. The molecule has 0 aromatic heterocycles. The maximum absolute atomic E-state index is 13.5. The Morgan fingerprint density at radius 1 is 1.09 bits per heavy atom. The maximum Gasteiger partial charge on any atom is 0.221 e. The third kappa shape index (κ3) is 4.09. The van der Waals surface area contributed by atoms with Crippen LogP contribution < -0.4 is 5.32 Å². The van der Waals surface area contributed by atoms with E-state index in [1.54, 1.807) is 18.2 Å². The number of anilines is 1. The molecule has 0 aliphatic heterocycles. The van der Waals surface area contributed by atoms with Crippen LogP contribution in [0, 0.1) is 11.6 Å². The van der Waals surface area contributed by atoms with Crippen LogP contribution in [0.4, 0.5) is 14.5 Å². The van der Waals surface area contributed by atoms with E-state index in [0.717, 1.165) is 12.1 Å². The molecule has 0 saturated heterocycles. The number of carbonyl (C=O) groups excluding carboxylic acids is 2. The molecule has 22 heavy (non-hydrogen) atoms. The predicted molar refractivity (Wildman–Crippen MR) is 80.5 cm³/mol. The molecule has 0 aliphatic carbocycles. The van der Waals surface area contributed by atoms with E-state index >= 15 is 0 Å². The summed E-state index contributed by atoms with van der Waals surface area (Å²) in [6.07, 6.45) is 2.48. The molecular weight excluding hydrogens is 288 g/mol. The average Bonchev–Trinajstić information content (AvgIpc) is 2.45. The van der Waals surface area contributed by atoms with Crippen LogP contribution in [0.15, 0.2) is 48.5 Å². The van der Waals surface area contributed by atoms with Crippen LogP contribution in [0.1, 0.15) is 22.8 Å². The molecule has 3 nitrogen and oxygen atoms in total. The van der Waals surface area contributed by atoms with E-state index in [1.807, 2.05) is 0 Å². The molecule has 112 valence electrons. The first-order valence-electron chi connectivity index (χ1n) is 6.51. The molecule has 1 N–H and O–H groups in total. The summed E-state index contributed by atoms with van der Waals surface area (Å²) < 4.78 is 26.3. The lowest BCUT2D eigenvalue weighted by atomic mass is 10.1. The van der Waals surface area contributed by atoms with E-state index in [9.17, 15) is 18.4 Å². The lowest BCUT2D eigenvalue weighted by Gasteiger charge is -2.03. The Labute approximate surface area is 126 Å². The first-order chi connectivity index (χ1) is 10.5. The summed E-state index contributed by atoms with van der Waals surface area (Å²) in [5.41, 5.74) is 0.970. The van der Waals surface area contributed by atoms with E-state index in [0.29, 0.717) is 11.3 Å². The van der Waals surface area contributed by atoms with Gasteiger partial charge in [-0.2, -0.15) is 0 Å². The summed E-state index contributed by atoms with van der Waals surface area (Å²) in [5, 5.41) is 2.57. The molecule has 0 radical (unpaired) electrons. The number of allylic oxidation sites excluding steroid dienone is 1. The molecule has 0 bridgehead atoms. The van der Waals surface area contributed by atoms with Gasteiger partial charge in [-0.25, -0.2) is 8.78 Å². The van der Waals surface area contributed by atoms with Crippen molar-refractivity contribution in [2.24, 2.45) is 0 Å². The normalized spacial score (nSPS) is 10.7. The summed E-state index contributed by atoms with van der Waals surface area (Å²) in [5.74, 6) is -2.01.